The predicted octanol–water partition coefficient (Wildman–Crippen LogP) is -2.10. The quantitative estimate of drug-likeness (QED) is 0.353. The summed E-state index contributed by atoms with van der Waals surface area (Å²) in [5.41, 5.74) is 3.41. The lowest BCUT2D eigenvalue weighted by Gasteiger charge is -2.32. The highest BCUT2D eigenvalue weighted by Gasteiger charge is 2.38. The van der Waals surface area contributed by atoms with Gasteiger partial charge < -0.3 is 15.9 Å². The van der Waals surface area contributed by atoms with Crippen molar-refractivity contribution in [2.75, 3.05) is 6.54 Å². The Hall–Kier alpha value is -0.650. The summed E-state index contributed by atoms with van der Waals surface area (Å²) in [7, 11) is 0. The van der Waals surface area contributed by atoms with Crippen molar-refractivity contribution in [3.63, 3.8) is 0 Å². The van der Waals surface area contributed by atoms with Gasteiger partial charge in [-0.1, -0.05) is 0 Å². The third kappa shape index (κ3) is 1.68. The number of amides is 1. The van der Waals surface area contributed by atoms with Crippen LogP contribution in [0.1, 0.15) is 12.8 Å². The summed E-state index contributed by atoms with van der Waals surface area (Å²) < 4.78 is 0. The Bertz CT molecular complexity index is 173. The van der Waals surface area contributed by atoms with E-state index in [0.29, 0.717) is 6.54 Å². The van der Waals surface area contributed by atoms with E-state index in [-0.39, 0.29) is 12.8 Å². The van der Waals surface area contributed by atoms with Crippen LogP contribution in [0.3, 0.4) is 0 Å². The molecule has 5 heteroatoms. The summed E-state index contributed by atoms with van der Waals surface area (Å²) >= 11 is 0. The smallest absolute Gasteiger partial charge is 0.249 e. The number of carbonyl (C=O) groups excluding carboxylic acids is 1. The normalized spacial score (nSPS) is 38.5. The van der Waals surface area contributed by atoms with Gasteiger partial charge in [-0.3, -0.25) is 10.1 Å². The molecule has 1 fully saturated rings. The van der Waals surface area contributed by atoms with Gasteiger partial charge in [0.2, 0.25) is 5.91 Å². The van der Waals surface area contributed by atoms with Crippen molar-refractivity contribution in [2.45, 2.75) is 24.7 Å². The molecular formula is C6H12N2O3. The first kappa shape index (κ1) is 8.45. The Morgan fingerprint density at radius 2 is 2.36 bits per heavy atom. The molecule has 1 amide bonds. The van der Waals surface area contributed by atoms with Crippen molar-refractivity contribution < 1.29 is 15.0 Å². The number of nitrogens with one attached hydrogen (secondary N) is 1. The minimum atomic E-state index is -1.52. The molecule has 1 saturated heterocycles. The molecule has 0 radical (unpaired) electrons. The molecule has 0 saturated carbocycles. The molecule has 1 aliphatic rings. The van der Waals surface area contributed by atoms with Crippen LogP contribution in [0.2, 0.25) is 0 Å². The van der Waals surface area contributed by atoms with Crippen molar-refractivity contribution in [3.05, 3.63) is 0 Å². The minimum Gasteiger partial charge on any atom is -0.380 e. The molecule has 2 atom stereocenters. The highest BCUT2D eigenvalue weighted by molar-refractivity contribution is 5.83. The van der Waals surface area contributed by atoms with Gasteiger partial charge in [-0.05, 0) is 6.42 Å². The first-order valence-corrected chi connectivity index (χ1v) is 3.48. The van der Waals surface area contributed by atoms with Crippen LogP contribution in [-0.4, -0.2) is 34.5 Å². The van der Waals surface area contributed by atoms with E-state index in [1.165, 1.54) is 0 Å². The SMILES string of the molecule is NC(=O)C1(O)CCNC(O)C1. The van der Waals surface area contributed by atoms with Gasteiger partial charge in [-0.2, -0.15) is 0 Å². The average molecular weight is 160 g/mol. The number of aliphatic hydroxyl groups is 2. The summed E-state index contributed by atoms with van der Waals surface area (Å²) in [4.78, 5) is 10.7. The first-order chi connectivity index (χ1) is 5.04. The highest BCUT2D eigenvalue weighted by Crippen LogP contribution is 2.19. The van der Waals surface area contributed by atoms with E-state index in [1.54, 1.807) is 0 Å². The number of aliphatic hydroxyl groups excluding tert-OH is 1. The molecule has 1 rings (SSSR count). The third-order valence-corrected chi connectivity index (χ3v) is 1.91. The van der Waals surface area contributed by atoms with Crippen molar-refractivity contribution in [3.8, 4) is 0 Å². The van der Waals surface area contributed by atoms with Crippen molar-refractivity contribution in [2.24, 2.45) is 5.73 Å². The third-order valence-electron chi connectivity index (χ3n) is 1.91. The van der Waals surface area contributed by atoms with Crippen molar-refractivity contribution >= 4 is 5.91 Å². The van der Waals surface area contributed by atoms with E-state index < -0.39 is 17.7 Å². The summed E-state index contributed by atoms with van der Waals surface area (Å²) in [5, 5.41) is 21.1. The molecule has 0 aromatic heterocycles. The molecule has 1 aliphatic heterocycles. The fourth-order valence-electron chi connectivity index (χ4n) is 1.16. The van der Waals surface area contributed by atoms with E-state index in [9.17, 15) is 9.90 Å². The van der Waals surface area contributed by atoms with Crippen LogP contribution >= 0.6 is 0 Å². The van der Waals surface area contributed by atoms with Gasteiger partial charge in [-0.15, -0.1) is 0 Å². The Labute approximate surface area is 64.2 Å². The summed E-state index contributed by atoms with van der Waals surface area (Å²) in [6.45, 7) is 0.403. The Morgan fingerprint density at radius 1 is 1.73 bits per heavy atom. The lowest BCUT2D eigenvalue weighted by molar-refractivity contribution is -0.144. The molecule has 5 N–H and O–H groups in total. The van der Waals surface area contributed by atoms with Gasteiger partial charge >= 0.3 is 0 Å². The maximum absolute atomic E-state index is 10.7. The van der Waals surface area contributed by atoms with E-state index in [1.807, 2.05) is 0 Å². The molecule has 0 spiro atoms. The monoisotopic (exact) mass is 160 g/mol. The van der Waals surface area contributed by atoms with Gasteiger partial charge in [0, 0.05) is 13.0 Å². The molecule has 2 unspecified atom stereocenters. The van der Waals surface area contributed by atoms with Gasteiger partial charge in [0.1, 0.15) is 11.8 Å². The second-order valence-corrected chi connectivity index (χ2v) is 2.82. The van der Waals surface area contributed by atoms with E-state index in [2.05, 4.69) is 5.32 Å². The lowest BCUT2D eigenvalue weighted by Crippen LogP contribution is -2.54. The number of rotatable bonds is 1. The minimum absolute atomic E-state index is 0.0255. The maximum Gasteiger partial charge on any atom is 0.249 e. The number of carbonyl (C=O) groups is 1. The Morgan fingerprint density at radius 3 is 2.73 bits per heavy atom. The molecule has 64 valence electrons. The predicted molar refractivity (Wildman–Crippen MR) is 37.4 cm³/mol. The average Bonchev–Trinajstić information content (AvgIpc) is 1.86. The molecule has 0 aromatic rings. The van der Waals surface area contributed by atoms with Crippen LogP contribution in [0.15, 0.2) is 0 Å². The standard InChI is InChI=1S/C6H12N2O3/c7-5(10)6(11)1-2-8-4(9)3-6/h4,8-9,11H,1-3H2,(H2,7,10). The Balaban J connectivity index is 2.63. The van der Waals surface area contributed by atoms with Gasteiger partial charge in [0.25, 0.3) is 0 Å². The van der Waals surface area contributed by atoms with Gasteiger partial charge in [0.15, 0.2) is 0 Å². The van der Waals surface area contributed by atoms with Crippen LogP contribution in [0.4, 0.5) is 0 Å². The van der Waals surface area contributed by atoms with Crippen LogP contribution in [0.25, 0.3) is 0 Å². The zero-order valence-corrected chi connectivity index (χ0v) is 6.08. The van der Waals surface area contributed by atoms with Gasteiger partial charge in [-0.25, -0.2) is 0 Å². The molecule has 0 bridgehead atoms. The lowest BCUT2D eigenvalue weighted by atomic mass is 9.91. The largest absolute Gasteiger partial charge is 0.380 e. The second kappa shape index (κ2) is 2.77. The summed E-state index contributed by atoms with van der Waals surface area (Å²) in [6.07, 6.45) is -0.594. The van der Waals surface area contributed by atoms with Crippen LogP contribution in [-0.2, 0) is 4.79 Å². The number of nitrogens with two attached hydrogens (primary N) is 1. The second-order valence-electron chi connectivity index (χ2n) is 2.82. The summed E-state index contributed by atoms with van der Waals surface area (Å²) in [5.74, 6) is -0.766. The number of piperidine rings is 1. The summed E-state index contributed by atoms with van der Waals surface area (Å²) in [6, 6.07) is 0. The molecule has 11 heavy (non-hydrogen) atoms. The molecule has 5 nitrogen and oxygen atoms in total. The molecular weight excluding hydrogens is 148 g/mol. The molecule has 0 aliphatic carbocycles. The van der Waals surface area contributed by atoms with Crippen molar-refractivity contribution in [1.82, 2.24) is 5.32 Å². The van der Waals surface area contributed by atoms with E-state index >= 15 is 0 Å². The van der Waals surface area contributed by atoms with Crippen LogP contribution in [0, 0.1) is 0 Å². The molecule has 1 heterocycles. The van der Waals surface area contributed by atoms with Crippen LogP contribution < -0.4 is 11.1 Å². The molecule has 0 aromatic carbocycles. The zero-order valence-electron chi connectivity index (χ0n) is 6.08. The zero-order chi connectivity index (χ0) is 8.48. The Kier molecular flexibility index (Phi) is 2.12. The van der Waals surface area contributed by atoms with E-state index in [4.69, 9.17) is 10.8 Å². The number of hydrogen-bond donors (Lipinski definition) is 4. The fraction of sp³-hybridized carbons (Fsp3) is 0.833. The first-order valence-electron chi connectivity index (χ1n) is 3.48. The van der Waals surface area contributed by atoms with E-state index in [0.717, 1.165) is 0 Å². The number of hydrogen-bond acceptors (Lipinski definition) is 4. The highest BCUT2D eigenvalue weighted by atomic mass is 16.3. The topological polar surface area (TPSA) is 95.6 Å². The number of primary amides is 1. The fourth-order valence-corrected chi connectivity index (χ4v) is 1.16. The van der Waals surface area contributed by atoms with Gasteiger partial charge in [0.05, 0.1) is 0 Å². The van der Waals surface area contributed by atoms with Crippen molar-refractivity contribution in [1.29, 1.82) is 0 Å². The van der Waals surface area contributed by atoms with Crippen LogP contribution in [0.5, 0.6) is 0 Å². The maximum atomic E-state index is 10.7.